The Hall–Kier alpha value is -2.44. The van der Waals surface area contributed by atoms with Crippen molar-refractivity contribution in [1.82, 2.24) is 16.0 Å². The molecule has 3 rings (SSSR count). The molecule has 0 bridgehead atoms. The van der Waals surface area contributed by atoms with E-state index < -0.39 is 23.4 Å². The minimum atomic E-state index is -0.713. The third-order valence-electron chi connectivity index (χ3n) is 4.52. The Morgan fingerprint density at radius 3 is 2.65 bits per heavy atom. The molecule has 0 spiro atoms. The molecule has 0 unspecified atom stereocenters. The van der Waals surface area contributed by atoms with Crippen LogP contribution in [-0.2, 0) is 15.1 Å². The van der Waals surface area contributed by atoms with Gasteiger partial charge in [0.25, 0.3) is 0 Å². The number of carbonyl (C=O) groups excluding carboxylic acids is 3. The van der Waals surface area contributed by atoms with Crippen LogP contribution in [0.25, 0.3) is 0 Å². The van der Waals surface area contributed by atoms with Crippen molar-refractivity contribution in [2.75, 3.05) is 6.54 Å². The number of amides is 4. The van der Waals surface area contributed by atoms with E-state index in [9.17, 15) is 18.8 Å². The van der Waals surface area contributed by atoms with Gasteiger partial charge >= 0.3 is 6.03 Å². The number of hydrogen-bond acceptors (Lipinski definition) is 3. The first-order valence-electron chi connectivity index (χ1n) is 7.65. The van der Waals surface area contributed by atoms with E-state index in [0.29, 0.717) is 18.4 Å². The van der Waals surface area contributed by atoms with Crippen LogP contribution in [0.3, 0.4) is 0 Å². The Morgan fingerprint density at radius 2 is 2.00 bits per heavy atom. The van der Waals surface area contributed by atoms with Crippen molar-refractivity contribution in [3.63, 3.8) is 0 Å². The van der Waals surface area contributed by atoms with Gasteiger partial charge in [-0.25, -0.2) is 9.18 Å². The minimum Gasteiger partial charge on any atom is -0.346 e. The molecule has 4 amide bonds. The van der Waals surface area contributed by atoms with Crippen LogP contribution in [0.5, 0.6) is 0 Å². The molecule has 7 heteroatoms. The predicted octanol–water partition coefficient (Wildman–Crippen LogP) is 1.17. The van der Waals surface area contributed by atoms with Crippen molar-refractivity contribution in [1.29, 1.82) is 0 Å². The highest BCUT2D eigenvalue weighted by Crippen LogP contribution is 2.42. The first-order chi connectivity index (χ1) is 11.0. The standard InChI is InChI=1S/C16H18FN3O3/c17-12-5-2-1-4-11(12)16(6-3-7-16)20-14(22)10-8-13(21)19-15(23)18-9-10/h1-2,4-5,10H,3,6-9H2,(H,20,22)(H2,18,19,21,23)/t10-/m0/s1. The maximum absolute atomic E-state index is 14.1. The summed E-state index contributed by atoms with van der Waals surface area (Å²) in [7, 11) is 0. The average molecular weight is 319 g/mol. The molecule has 6 nitrogen and oxygen atoms in total. The monoisotopic (exact) mass is 319 g/mol. The molecular weight excluding hydrogens is 301 g/mol. The zero-order valence-electron chi connectivity index (χ0n) is 12.5. The van der Waals surface area contributed by atoms with E-state index in [2.05, 4.69) is 16.0 Å². The highest BCUT2D eigenvalue weighted by Gasteiger charge is 2.43. The smallest absolute Gasteiger partial charge is 0.321 e. The third kappa shape index (κ3) is 3.04. The summed E-state index contributed by atoms with van der Waals surface area (Å²) in [5, 5.41) is 7.51. The number of halogens is 1. The van der Waals surface area contributed by atoms with Crippen molar-refractivity contribution in [2.45, 2.75) is 31.2 Å². The fourth-order valence-corrected chi connectivity index (χ4v) is 3.10. The fraction of sp³-hybridized carbons (Fsp3) is 0.438. The van der Waals surface area contributed by atoms with Gasteiger partial charge in [0.15, 0.2) is 0 Å². The zero-order chi connectivity index (χ0) is 16.4. The van der Waals surface area contributed by atoms with Crippen LogP contribution in [0.2, 0.25) is 0 Å². The molecule has 1 saturated carbocycles. The van der Waals surface area contributed by atoms with Gasteiger partial charge in [-0.15, -0.1) is 0 Å². The summed E-state index contributed by atoms with van der Waals surface area (Å²) >= 11 is 0. The van der Waals surface area contributed by atoms with Crippen LogP contribution < -0.4 is 16.0 Å². The molecule has 1 aromatic carbocycles. The number of rotatable bonds is 3. The van der Waals surface area contributed by atoms with E-state index in [0.717, 1.165) is 6.42 Å². The largest absolute Gasteiger partial charge is 0.346 e. The second-order valence-corrected chi connectivity index (χ2v) is 6.06. The number of benzene rings is 1. The van der Waals surface area contributed by atoms with E-state index in [1.165, 1.54) is 6.07 Å². The number of hydrogen-bond donors (Lipinski definition) is 3. The molecule has 3 N–H and O–H groups in total. The Labute approximate surface area is 132 Å². The molecule has 0 aromatic heterocycles. The normalized spacial score (nSPS) is 23.1. The lowest BCUT2D eigenvalue weighted by molar-refractivity contribution is -0.131. The fourth-order valence-electron chi connectivity index (χ4n) is 3.10. The van der Waals surface area contributed by atoms with E-state index in [-0.39, 0.29) is 24.7 Å². The van der Waals surface area contributed by atoms with Crippen molar-refractivity contribution < 1.29 is 18.8 Å². The molecule has 2 fully saturated rings. The predicted molar refractivity (Wildman–Crippen MR) is 79.7 cm³/mol. The van der Waals surface area contributed by atoms with Gasteiger partial charge in [0, 0.05) is 18.5 Å². The Morgan fingerprint density at radius 1 is 1.26 bits per heavy atom. The maximum Gasteiger partial charge on any atom is 0.321 e. The number of urea groups is 1. The molecule has 1 heterocycles. The minimum absolute atomic E-state index is 0.0715. The van der Waals surface area contributed by atoms with Crippen LogP contribution in [0, 0.1) is 11.7 Å². The number of imide groups is 1. The summed E-state index contributed by atoms with van der Waals surface area (Å²) < 4.78 is 14.1. The first-order valence-corrected chi connectivity index (χ1v) is 7.65. The SMILES string of the molecule is O=C1C[C@H](C(=O)NC2(c3ccccc3F)CCC2)CNC(=O)N1. The molecule has 1 saturated heterocycles. The van der Waals surface area contributed by atoms with Gasteiger partial charge in [0.05, 0.1) is 11.5 Å². The summed E-state index contributed by atoms with van der Waals surface area (Å²) in [6.45, 7) is 0.0801. The Balaban J connectivity index is 1.77. The molecule has 0 radical (unpaired) electrons. The molecule has 1 aliphatic heterocycles. The Kier molecular flexibility index (Phi) is 4.02. The topological polar surface area (TPSA) is 87.3 Å². The lowest BCUT2D eigenvalue weighted by atomic mass is 9.71. The Bertz CT molecular complexity index is 658. The van der Waals surface area contributed by atoms with Crippen molar-refractivity contribution in [2.24, 2.45) is 5.92 Å². The molecule has 23 heavy (non-hydrogen) atoms. The van der Waals surface area contributed by atoms with Gasteiger partial charge in [-0.1, -0.05) is 18.2 Å². The van der Waals surface area contributed by atoms with Gasteiger partial charge in [0.2, 0.25) is 11.8 Å². The maximum atomic E-state index is 14.1. The van der Waals surface area contributed by atoms with Crippen LogP contribution in [0.4, 0.5) is 9.18 Å². The van der Waals surface area contributed by atoms with Crippen LogP contribution in [0.1, 0.15) is 31.2 Å². The highest BCUT2D eigenvalue weighted by atomic mass is 19.1. The molecule has 2 aliphatic rings. The summed E-state index contributed by atoms with van der Waals surface area (Å²) in [5.41, 5.74) is -0.239. The quantitative estimate of drug-likeness (QED) is 0.781. The lowest BCUT2D eigenvalue weighted by Crippen LogP contribution is -2.54. The molecule has 1 atom stereocenters. The van der Waals surface area contributed by atoms with E-state index in [4.69, 9.17) is 0 Å². The second-order valence-electron chi connectivity index (χ2n) is 6.06. The van der Waals surface area contributed by atoms with Gasteiger partial charge in [0.1, 0.15) is 5.82 Å². The summed E-state index contributed by atoms with van der Waals surface area (Å²) in [6.07, 6.45) is 2.14. The van der Waals surface area contributed by atoms with E-state index in [1.54, 1.807) is 18.2 Å². The van der Waals surface area contributed by atoms with E-state index in [1.807, 2.05) is 0 Å². The van der Waals surface area contributed by atoms with Crippen molar-refractivity contribution in [3.05, 3.63) is 35.6 Å². The van der Waals surface area contributed by atoms with Crippen LogP contribution in [0.15, 0.2) is 24.3 Å². The summed E-state index contributed by atoms with van der Waals surface area (Å²) in [5.74, 6) is -1.84. The number of nitrogens with one attached hydrogen (secondary N) is 3. The zero-order valence-corrected chi connectivity index (χ0v) is 12.5. The van der Waals surface area contributed by atoms with Crippen LogP contribution >= 0.6 is 0 Å². The first kappa shape index (κ1) is 15.5. The highest BCUT2D eigenvalue weighted by molar-refractivity contribution is 5.98. The summed E-state index contributed by atoms with van der Waals surface area (Å²) in [4.78, 5) is 35.4. The average Bonchev–Trinajstić information content (AvgIpc) is 2.64. The third-order valence-corrected chi connectivity index (χ3v) is 4.52. The number of carbonyl (C=O) groups is 3. The van der Waals surface area contributed by atoms with Gasteiger partial charge in [-0.2, -0.15) is 0 Å². The lowest BCUT2D eigenvalue weighted by Gasteiger charge is -2.43. The molecular formula is C16H18FN3O3. The van der Waals surface area contributed by atoms with E-state index >= 15 is 0 Å². The molecule has 1 aliphatic carbocycles. The second kappa shape index (κ2) is 5.98. The molecule has 122 valence electrons. The van der Waals surface area contributed by atoms with Gasteiger partial charge in [-0.3, -0.25) is 14.9 Å². The van der Waals surface area contributed by atoms with Crippen molar-refractivity contribution >= 4 is 17.8 Å². The molecule has 1 aromatic rings. The van der Waals surface area contributed by atoms with Crippen molar-refractivity contribution in [3.8, 4) is 0 Å². The summed E-state index contributed by atoms with van der Waals surface area (Å²) in [6, 6.07) is 5.80. The van der Waals surface area contributed by atoms with Gasteiger partial charge < -0.3 is 10.6 Å². The van der Waals surface area contributed by atoms with Gasteiger partial charge in [-0.05, 0) is 25.3 Å². The van der Waals surface area contributed by atoms with Crippen LogP contribution in [-0.4, -0.2) is 24.4 Å².